The summed E-state index contributed by atoms with van der Waals surface area (Å²) in [6.45, 7) is 7.21. The maximum absolute atomic E-state index is 12.7. The fourth-order valence-electron chi connectivity index (χ4n) is 3.18. The predicted octanol–water partition coefficient (Wildman–Crippen LogP) is -1.18. The molecule has 1 saturated heterocycles. The lowest BCUT2D eigenvalue weighted by molar-refractivity contribution is -0.140. The fourth-order valence-corrected chi connectivity index (χ4v) is 3.18. The second-order valence-electron chi connectivity index (χ2n) is 7.69. The fraction of sp³-hybridized carbons (Fsp3) is 0.737. The number of nitrogens with zero attached hydrogens (tertiary/aromatic N) is 1. The van der Waals surface area contributed by atoms with Gasteiger partial charge in [-0.15, -0.1) is 0 Å². The van der Waals surface area contributed by atoms with Crippen molar-refractivity contribution in [2.45, 2.75) is 77.5 Å². The molecular weight excluding hydrogens is 378 g/mol. The summed E-state index contributed by atoms with van der Waals surface area (Å²) in [4.78, 5) is 61.7. The van der Waals surface area contributed by atoms with Crippen molar-refractivity contribution >= 4 is 29.4 Å². The van der Waals surface area contributed by atoms with Gasteiger partial charge < -0.3 is 26.6 Å². The summed E-state index contributed by atoms with van der Waals surface area (Å²) in [5.74, 6) is -2.01. The Labute approximate surface area is 171 Å². The van der Waals surface area contributed by atoms with Gasteiger partial charge in [0.1, 0.15) is 12.1 Å². The molecule has 5 N–H and O–H groups in total. The van der Waals surface area contributed by atoms with Crippen LogP contribution >= 0.6 is 0 Å². The van der Waals surface area contributed by atoms with E-state index in [0.29, 0.717) is 13.0 Å². The molecule has 164 valence electrons. The van der Waals surface area contributed by atoms with E-state index in [1.54, 1.807) is 0 Å². The lowest BCUT2D eigenvalue weighted by atomic mass is 10.1. The van der Waals surface area contributed by atoms with Gasteiger partial charge in [-0.1, -0.05) is 13.8 Å². The first-order valence-electron chi connectivity index (χ1n) is 9.95. The van der Waals surface area contributed by atoms with Crippen molar-refractivity contribution in [2.75, 3.05) is 13.1 Å². The molecule has 29 heavy (non-hydrogen) atoms. The normalized spacial score (nSPS) is 18.2. The number of likely N-dealkylation sites (tertiary alicyclic amines) is 1. The van der Waals surface area contributed by atoms with E-state index in [4.69, 9.17) is 5.73 Å². The van der Waals surface area contributed by atoms with Crippen LogP contribution in [-0.4, -0.2) is 71.6 Å². The molecule has 0 aromatic rings. The smallest absolute Gasteiger partial charge is 0.245 e. The van der Waals surface area contributed by atoms with Crippen molar-refractivity contribution in [3.63, 3.8) is 0 Å². The highest BCUT2D eigenvalue weighted by molar-refractivity contribution is 5.94. The third-order valence-corrected chi connectivity index (χ3v) is 4.74. The second kappa shape index (κ2) is 11.5. The van der Waals surface area contributed by atoms with E-state index in [1.165, 1.54) is 18.7 Å². The molecule has 10 nitrogen and oxygen atoms in total. The Bertz CT molecular complexity index is 636. The van der Waals surface area contributed by atoms with Crippen LogP contribution in [0.5, 0.6) is 0 Å². The molecule has 0 saturated carbocycles. The van der Waals surface area contributed by atoms with Gasteiger partial charge in [0.2, 0.25) is 23.6 Å². The van der Waals surface area contributed by atoms with Crippen LogP contribution < -0.4 is 21.7 Å². The molecule has 10 heteroatoms. The summed E-state index contributed by atoms with van der Waals surface area (Å²) in [6.07, 6.45) is 1.28. The van der Waals surface area contributed by atoms with E-state index in [2.05, 4.69) is 16.0 Å². The molecular formula is C19H33N5O5. The van der Waals surface area contributed by atoms with E-state index in [-0.39, 0.29) is 37.1 Å². The number of amides is 4. The molecule has 1 aliphatic rings. The standard InChI is InChI=1S/C19H33N5O5/c1-11(2)21-10-17(27)23-14(7-8-16(20)26)18(28)22-12(3)19(29)24-9-5-6-15(24)13(4)25/h11-12,14-15,21H,5-10H2,1-4H3,(H2,20,26)(H,22,28)(H,23,27)/t12-,14-,15-/m0/s1. The van der Waals surface area contributed by atoms with Crippen molar-refractivity contribution in [3.05, 3.63) is 0 Å². The summed E-state index contributed by atoms with van der Waals surface area (Å²) in [6, 6.07) is -2.24. The molecule has 0 spiro atoms. The second-order valence-corrected chi connectivity index (χ2v) is 7.69. The number of carbonyl (C=O) groups is 5. The van der Waals surface area contributed by atoms with Gasteiger partial charge >= 0.3 is 0 Å². The molecule has 0 radical (unpaired) electrons. The molecule has 4 amide bonds. The van der Waals surface area contributed by atoms with Gasteiger partial charge in [-0.05, 0) is 33.1 Å². The van der Waals surface area contributed by atoms with Crippen LogP contribution in [0.3, 0.4) is 0 Å². The SMILES string of the molecule is CC(=O)[C@@H]1CCCN1C(=O)[C@H](C)NC(=O)[C@H](CCC(N)=O)NC(=O)CNC(C)C. The lowest BCUT2D eigenvalue weighted by Crippen LogP contribution is -2.55. The molecule has 0 aliphatic carbocycles. The van der Waals surface area contributed by atoms with Crippen LogP contribution in [0.1, 0.15) is 53.4 Å². The number of rotatable bonds is 11. The highest BCUT2D eigenvalue weighted by Gasteiger charge is 2.35. The number of hydrogen-bond acceptors (Lipinski definition) is 6. The third-order valence-electron chi connectivity index (χ3n) is 4.74. The lowest BCUT2D eigenvalue weighted by Gasteiger charge is -2.27. The molecule has 0 unspecified atom stereocenters. The minimum atomic E-state index is -0.999. The zero-order chi connectivity index (χ0) is 22.1. The van der Waals surface area contributed by atoms with E-state index >= 15 is 0 Å². The van der Waals surface area contributed by atoms with E-state index in [0.717, 1.165) is 6.42 Å². The molecule has 1 rings (SSSR count). The van der Waals surface area contributed by atoms with Crippen molar-refractivity contribution in [1.82, 2.24) is 20.9 Å². The maximum Gasteiger partial charge on any atom is 0.245 e. The van der Waals surface area contributed by atoms with Gasteiger partial charge in [0, 0.05) is 19.0 Å². The van der Waals surface area contributed by atoms with Gasteiger partial charge in [-0.25, -0.2) is 0 Å². The molecule has 0 aromatic heterocycles. The number of ketones is 1. The summed E-state index contributed by atoms with van der Waals surface area (Å²) in [5.41, 5.74) is 5.16. The highest BCUT2D eigenvalue weighted by atomic mass is 16.2. The Morgan fingerprint density at radius 3 is 2.31 bits per heavy atom. The summed E-state index contributed by atoms with van der Waals surface area (Å²) in [5, 5.41) is 8.09. The van der Waals surface area contributed by atoms with E-state index in [1.807, 2.05) is 13.8 Å². The third kappa shape index (κ3) is 8.18. The number of carbonyl (C=O) groups excluding carboxylic acids is 5. The number of primary amides is 1. The summed E-state index contributed by atoms with van der Waals surface area (Å²) >= 11 is 0. The Morgan fingerprint density at radius 2 is 1.76 bits per heavy atom. The van der Waals surface area contributed by atoms with E-state index < -0.39 is 35.8 Å². The van der Waals surface area contributed by atoms with Crippen molar-refractivity contribution < 1.29 is 24.0 Å². The van der Waals surface area contributed by atoms with Crippen LogP contribution in [-0.2, 0) is 24.0 Å². The Balaban J connectivity index is 2.73. The van der Waals surface area contributed by atoms with Gasteiger partial charge in [-0.2, -0.15) is 0 Å². The minimum absolute atomic E-state index is 0.0145. The van der Waals surface area contributed by atoms with Crippen molar-refractivity contribution in [2.24, 2.45) is 5.73 Å². The minimum Gasteiger partial charge on any atom is -0.370 e. The van der Waals surface area contributed by atoms with Crippen LogP contribution in [0, 0.1) is 0 Å². The number of nitrogens with two attached hydrogens (primary N) is 1. The summed E-state index contributed by atoms with van der Waals surface area (Å²) in [7, 11) is 0. The molecule has 1 aliphatic heterocycles. The highest BCUT2D eigenvalue weighted by Crippen LogP contribution is 2.19. The van der Waals surface area contributed by atoms with Crippen LogP contribution in [0.15, 0.2) is 0 Å². The summed E-state index contributed by atoms with van der Waals surface area (Å²) < 4.78 is 0. The van der Waals surface area contributed by atoms with Crippen molar-refractivity contribution in [3.8, 4) is 0 Å². The molecule has 1 heterocycles. The topological polar surface area (TPSA) is 151 Å². The molecule has 0 bridgehead atoms. The Kier molecular flexibility index (Phi) is 9.73. The van der Waals surface area contributed by atoms with Gasteiger partial charge in [0.25, 0.3) is 0 Å². The average Bonchev–Trinajstić information content (AvgIpc) is 3.12. The monoisotopic (exact) mass is 411 g/mol. The Hall–Kier alpha value is -2.49. The predicted molar refractivity (Wildman–Crippen MR) is 107 cm³/mol. The van der Waals surface area contributed by atoms with Gasteiger partial charge in [0.15, 0.2) is 5.78 Å². The largest absolute Gasteiger partial charge is 0.370 e. The van der Waals surface area contributed by atoms with Crippen molar-refractivity contribution in [1.29, 1.82) is 0 Å². The van der Waals surface area contributed by atoms with Gasteiger partial charge in [0.05, 0.1) is 12.6 Å². The van der Waals surface area contributed by atoms with Gasteiger partial charge in [-0.3, -0.25) is 24.0 Å². The van der Waals surface area contributed by atoms with E-state index in [9.17, 15) is 24.0 Å². The first-order valence-corrected chi connectivity index (χ1v) is 9.95. The van der Waals surface area contributed by atoms with Crippen LogP contribution in [0.2, 0.25) is 0 Å². The van der Waals surface area contributed by atoms with Crippen LogP contribution in [0.4, 0.5) is 0 Å². The number of Topliss-reactive ketones (excluding diaryl/α,β-unsaturated/α-hetero) is 1. The first kappa shape index (κ1) is 24.5. The molecule has 3 atom stereocenters. The number of hydrogen-bond donors (Lipinski definition) is 4. The molecule has 1 fully saturated rings. The zero-order valence-corrected chi connectivity index (χ0v) is 17.6. The average molecular weight is 412 g/mol. The molecule has 0 aromatic carbocycles. The zero-order valence-electron chi connectivity index (χ0n) is 17.6. The van der Waals surface area contributed by atoms with Crippen LogP contribution in [0.25, 0.3) is 0 Å². The quantitative estimate of drug-likeness (QED) is 0.336. The number of nitrogens with one attached hydrogen (secondary N) is 3. The first-order chi connectivity index (χ1) is 13.5. The Morgan fingerprint density at radius 1 is 1.10 bits per heavy atom. The maximum atomic E-state index is 12.7.